The normalized spacial score (nSPS) is 11.1. The smallest absolute Gasteiger partial charge is 0.133 e. The quantitative estimate of drug-likeness (QED) is 0.896. The van der Waals surface area contributed by atoms with Gasteiger partial charge in [0.05, 0.1) is 5.69 Å². The molecule has 3 nitrogen and oxygen atoms in total. The maximum Gasteiger partial charge on any atom is 0.133 e. The third-order valence-electron chi connectivity index (χ3n) is 3.01. The summed E-state index contributed by atoms with van der Waals surface area (Å²) in [5, 5.41) is 4.65. The van der Waals surface area contributed by atoms with Crippen LogP contribution in [-0.4, -0.2) is 16.0 Å². The van der Waals surface area contributed by atoms with E-state index in [1.54, 1.807) is 6.07 Å². The van der Waals surface area contributed by atoms with E-state index in [0.29, 0.717) is 22.5 Å². The second kappa shape index (κ2) is 7.21. The van der Waals surface area contributed by atoms with Crippen LogP contribution in [0.5, 0.6) is 0 Å². The third-order valence-corrected chi connectivity index (χ3v) is 3.60. The highest BCUT2D eigenvalue weighted by atomic mass is 35.5. The summed E-state index contributed by atoms with van der Waals surface area (Å²) in [6.45, 7) is 6.95. The number of halogens is 2. The highest BCUT2D eigenvalue weighted by Crippen LogP contribution is 2.22. The Morgan fingerprint density at radius 3 is 2.57 bits per heavy atom. The standard InChI is InChI=1S/C16H19Cl2N3/c1-10(2)19-9-14-6-11(3)20-16(21-14)7-12-4-5-13(17)8-15(12)18/h4-6,8,10,19H,7,9H2,1-3H3. The Hall–Kier alpha value is -1.16. The average molecular weight is 324 g/mol. The minimum Gasteiger partial charge on any atom is -0.309 e. The van der Waals surface area contributed by atoms with Crippen molar-refractivity contribution in [3.05, 3.63) is 57.1 Å². The molecule has 1 N–H and O–H groups in total. The molecule has 2 aromatic rings. The molecular formula is C16H19Cl2N3. The van der Waals surface area contributed by atoms with Crippen LogP contribution in [0.3, 0.4) is 0 Å². The summed E-state index contributed by atoms with van der Waals surface area (Å²) in [6, 6.07) is 7.93. The molecule has 0 spiro atoms. The first-order chi connectivity index (χ1) is 9.94. The molecule has 21 heavy (non-hydrogen) atoms. The van der Waals surface area contributed by atoms with Crippen molar-refractivity contribution in [1.29, 1.82) is 0 Å². The molecule has 112 valence electrons. The second-order valence-electron chi connectivity index (χ2n) is 5.37. The summed E-state index contributed by atoms with van der Waals surface area (Å²) in [4.78, 5) is 9.09. The van der Waals surface area contributed by atoms with E-state index in [1.165, 1.54) is 0 Å². The maximum atomic E-state index is 6.21. The van der Waals surface area contributed by atoms with Crippen LogP contribution in [0.2, 0.25) is 10.0 Å². The molecule has 0 atom stereocenters. The van der Waals surface area contributed by atoms with E-state index < -0.39 is 0 Å². The molecule has 0 fully saturated rings. The van der Waals surface area contributed by atoms with Crippen LogP contribution in [0.4, 0.5) is 0 Å². The van der Waals surface area contributed by atoms with E-state index in [9.17, 15) is 0 Å². The molecular weight excluding hydrogens is 305 g/mol. The molecule has 2 rings (SSSR count). The van der Waals surface area contributed by atoms with E-state index in [2.05, 4.69) is 29.1 Å². The van der Waals surface area contributed by atoms with Gasteiger partial charge in [0.15, 0.2) is 0 Å². The van der Waals surface area contributed by atoms with Crippen LogP contribution in [0.25, 0.3) is 0 Å². The monoisotopic (exact) mass is 323 g/mol. The number of nitrogens with zero attached hydrogens (tertiary/aromatic N) is 2. The summed E-state index contributed by atoms with van der Waals surface area (Å²) in [5.74, 6) is 0.778. The van der Waals surface area contributed by atoms with Crippen LogP contribution in [0, 0.1) is 6.92 Å². The van der Waals surface area contributed by atoms with E-state index in [4.69, 9.17) is 23.2 Å². The van der Waals surface area contributed by atoms with Crippen LogP contribution in [0.15, 0.2) is 24.3 Å². The number of hydrogen-bond donors (Lipinski definition) is 1. The van der Waals surface area contributed by atoms with E-state index in [1.807, 2.05) is 25.1 Å². The average Bonchev–Trinajstić information content (AvgIpc) is 2.39. The van der Waals surface area contributed by atoms with Crippen molar-refractivity contribution >= 4 is 23.2 Å². The number of hydrogen-bond acceptors (Lipinski definition) is 3. The summed E-state index contributed by atoms with van der Waals surface area (Å²) in [6.07, 6.45) is 0.604. The lowest BCUT2D eigenvalue weighted by atomic mass is 10.1. The van der Waals surface area contributed by atoms with Gasteiger partial charge in [-0.1, -0.05) is 43.1 Å². The van der Waals surface area contributed by atoms with Gasteiger partial charge in [-0.25, -0.2) is 9.97 Å². The Balaban J connectivity index is 2.19. The first-order valence-electron chi connectivity index (χ1n) is 6.95. The van der Waals surface area contributed by atoms with Crippen molar-refractivity contribution in [2.75, 3.05) is 0 Å². The molecule has 1 heterocycles. The molecule has 0 saturated carbocycles. The summed E-state index contributed by atoms with van der Waals surface area (Å²) in [7, 11) is 0. The van der Waals surface area contributed by atoms with Gasteiger partial charge in [-0.15, -0.1) is 0 Å². The Kier molecular flexibility index (Phi) is 5.57. The van der Waals surface area contributed by atoms with Crippen molar-refractivity contribution in [1.82, 2.24) is 15.3 Å². The molecule has 0 radical (unpaired) electrons. The van der Waals surface area contributed by atoms with Gasteiger partial charge in [-0.3, -0.25) is 0 Å². The number of nitrogens with one attached hydrogen (secondary N) is 1. The third kappa shape index (κ3) is 4.95. The van der Waals surface area contributed by atoms with Gasteiger partial charge in [0.1, 0.15) is 5.82 Å². The van der Waals surface area contributed by atoms with Crippen molar-refractivity contribution in [3.63, 3.8) is 0 Å². The van der Waals surface area contributed by atoms with Gasteiger partial charge in [-0.2, -0.15) is 0 Å². The molecule has 5 heteroatoms. The molecule has 0 aliphatic rings. The fourth-order valence-electron chi connectivity index (χ4n) is 2.01. The molecule has 1 aromatic carbocycles. The zero-order valence-corrected chi connectivity index (χ0v) is 14.0. The summed E-state index contributed by atoms with van der Waals surface area (Å²) in [5.41, 5.74) is 2.94. The molecule has 0 aliphatic heterocycles. The zero-order valence-electron chi connectivity index (χ0n) is 12.5. The summed E-state index contributed by atoms with van der Waals surface area (Å²) < 4.78 is 0. The largest absolute Gasteiger partial charge is 0.309 e. The highest BCUT2D eigenvalue weighted by molar-refractivity contribution is 6.35. The van der Waals surface area contributed by atoms with Gasteiger partial charge < -0.3 is 5.32 Å². The molecule has 1 aromatic heterocycles. The Morgan fingerprint density at radius 2 is 1.90 bits per heavy atom. The zero-order chi connectivity index (χ0) is 15.4. The Labute approximate surface area is 135 Å². The van der Waals surface area contributed by atoms with Crippen LogP contribution >= 0.6 is 23.2 Å². The van der Waals surface area contributed by atoms with Crippen molar-refractivity contribution in [2.45, 2.75) is 39.8 Å². The fourth-order valence-corrected chi connectivity index (χ4v) is 2.49. The topological polar surface area (TPSA) is 37.8 Å². The molecule has 0 saturated heterocycles. The van der Waals surface area contributed by atoms with Gasteiger partial charge in [0, 0.05) is 34.7 Å². The fraction of sp³-hybridized carbons (Fsp3) is 0.375. The van der Waals surface area contributed by atoms with E-state index >= 15 is 0 Å². The lowest BCUT2D eigenvalue weighted by Gasteiger charge is -2.10. The number of aromatic nitrogens is 2. The van der Waals surface area contributed by atoms with Gasteiger partial charge in [-0.05, 0) is 30.7 Å². The van der Waals surface area contributed by atoms with Gasteiger partial charge in [0.25, 0.3) is 0 Å². The minimum atomic E-state index is 0.425. The Morgan fingerprint density at radius 1 is 1.14 bits per heavy atom. The second-order valence-corrected chi connectivity index (χ2v) is 6.21. The van der Waals surface area contributed by atoms with Crippen LogP contribution in [0.1, 0.15) is 36.6 Å². The molecule has 0 bridgehead atoms. The van der Waals surface area contributed by atoms with Crippen molar-refractivity contribution < 1.29 is 0 Å². The highest BCUT2D eigenvalue weighted by Gasteiger charge is 2.07. The van der Waals surface area contributed by atoms with Crippen LogP contribution in [-0.2, 0) is 13.0 Å². The Bertz CT molecular complexity index is 627. The van der Waals surface area contributed by atoms with E-state index in [-0.39, 0.29) is 0 Å². The lowest BCUT2D eigenvalue weighted by molar-refractivity contribution is 0.578. The predicted molar refractivity (Wildman–Crippen MR) is 88.0 cm³/mol. The number of aryl methyl sites for hydroxylation is 1. The van der Waals surface area contributed by atoms with E-state index in [0.717, 1.165) is 29.3 Å². The predicted octanol–water partition coefficient (Wildman–Crippen LogP) is 4.18. The molecule has 0 aliphatic carbocycles. The maximum absolute atomic E-state index is 6.21. The number of benzene rings is 1. The SMILES string of the molecule is Cc1cc(CNC(C)C)nc(Cc2ccc(Cl)cc2Cl)n1. The van der Waals surface area contributed by atoms with Crippen LogP contribution < -0.4 is 5.32 Å². The first-order valence-corrected chi connectivity index (χ1v) is 7.70. The minimum absolute atomic E-state index is 0.425. The number of rotatable bonds is 5. The van der Waals surface area contributed by atoms with Crippen molar-refractivity contribution in [2.24, 2.45) is 0 Å². The molecule has 0 unspecified atom stereocenters. The van der Waals surface area contributed by atoms with Gasteiger partial charge in [0.2, 0.25) is 0 Å². The van der Waals surface area contributed by atoms with Gasteiger partial charge >= 0.3 is 0 Å². The first kappa shape index (κ1) is 16.2. The summed E-state index contributed by atoms with van der Waals surface area (Å²) >= 11 is 12.1. The van der Waals surface area contributed by atoms with Crippen molar-refractivity contribution in [3.8, 4) is 0 Å². The molecule has 0 amide bonds. The lowest BCUT2D eigenvalue weighted by Crippen LogP contribution is -2.23.